The van der Waals surface area contributed by atoms with Gasteiger partial charge in [0.1, 0.15) is 18.1 Å². The van der Waals surface area contributed by atoms with Gasteiger partial charge in [-0.1, -0.05) is 18.2 Å². The second-order valence-electron chi connectivity index (χ2n) is 5.41. The molecule has 1 heterocycles. The summed E-state index contributed by atoms with van der Waals surface area (Å²) >= 11 is 0. The number of rotatable bonds is 7. The summed E-state index contributed by atoms with van der Waals surface area (Å²) in [5, 5.41) is 0. The number of nitrogens with zero attached hydrogens (tertiary/aromatic N) is 1. The molecular weight excluding hydrogens is 318 g/mol. The zero-order valence-electron chi connectivity index (χ0n) is 14.0. The van der Waals surface area contributed by atoms with E-state index in [1.54, 1.807) is 43.5 Å². The van der Waals surface area contributed by atoms with Gasteiger partial charge in [0.2, 0.25) is 5.90 Å². The molecule has 25 heavy (non-hydrogen) atoms. The van der Waals surface area contributed by atoms with E-state index < -0.39 is 0 Å². The Bertz CT molecular complexity index is 794. The van der Waals surface area contributed by atoms with Crippen LogP contribution >= 0.6 is 0 Å². The topological polar surface area (TPSA) is 57.1 Å². The van der Waals surface area contributed by atoms with Crippen LogP contribution in [0.25, 0.3) is 6.08 Å². The van der Waals surface area contributed by atoms with Gasteiger partial charge in [0, 0.05) is 5.56 Å². The summed E-state index contributed by atoms with van der Waals surface area (Å²) in [4.78, 5) is 16.4. The minimum atomic E-state index is -0.0714. The molecule has 2 aromatic rings. The van der Waals surface area contributed by atoms with E-state index in [9.17, 15) is 4.79 Å². The first-order chi connectivity index (χ1) is 12.2. The van der Waals surface area contributed by atoms with Gasteiger partial charge in [0.15, 0.2) is 12.4 Å². The van der Waals surface area contributed by atoms with Crippen LogP contribution in [0.15, 0.2) is 59.6 Å². The fourth-order valence-corrected chi connectivity index (χ4v) is 2.34. The summed E-state index contributed by atoms with van der Waals surface area (Å²) in [6.07, 6.45) is 3.32. The van der Waals surface area contributed by atoms with Gasteiger partial charge in [-0.25, -0.2) is 4.99 Å². The third kappa shape index (κ3) is 4.70. The van der Waals surface area contributed by atoms with E-state index in [-0.39, 0.29) is 5.78 Å². The molecule has 0 N–H and O–H groups in total. The van der Waals surface area contributed by atoms with Gasteiger partial charge in [-0.15, -0.1) is 0 Å². The molecule has 5 nitrogen and oxygen atoms in total. The highest BCUT2D eigenvalue weighted by Gasteiger charge is 2.08. The summed E-state index contributed by atoms with van der Waals surface area (Å²) in [5.74, 6) is 1.97. The number of ether oxygens (including phenoxy) is 3. The quantitative estimate of drug-likeness (QED) is 0.574. The average molecular weight is 337 g/mol. The van der Waals surface area contributed by atoms with Crippen LogP contribution in [0.5, 0.6) is 11.5 Å². The van der Waals surface area contributed by atoms with Crippen molar-refractivity contribution >= 4 is 17.8 Å². The molecule has 0 unspecified atom stereocenters. The number of allylic oxidation sites excluding steroid dienone is 1. The van der Waals surface area contributed by atoms with Crippen molar-refractivity contribution in [3.05, 3.63) is 65.7 Å². The third-order valence-corrected chi connectivity index (χ3v) is 3.67. The number of benzene rings is 2. The van der Waals surface area contributed by atoms with E-state index in [0.29, 0.717) is 37.0 Å². The predicted molar refractivity (Wildman–Crippen MR) is 96.5 cm³/mol. The van der Waals surface area contributed by atoms with E-state index in [4.69, 9.17) is 14.2 Å². The summed E-state index contributed by atoms with van der Waals surface area (Å²) < 4.78 is 16.0. The predicted octanol–water partition coefficient (Wildman–Crippen LogP) is 3.40. The maximum absolute atomic E-state index is 12.3. The number of ketones is 1. The van der Waals surface area contributed by atoms with Crippen LogP contribution < -0.4 is 9.47 Å². The van der Waals surface area contributed by atoms with Crippen molar-refractivity contribution in [2.45, 2.75) is 0 Å². The lowest BCUT2D eigenvalue weighted by molar-refractivity contribution is 0.104. The summed E-state index contributed by atoms with van der Waals surface area (Å²) in [7, 11) is 1.61. The first-order valence-electron chi connectivity index (χ1n) is 8.00. The van der Waals surface area contributed by atoms with Crippen molar-refractivity contribution in [2.24, 2.45) is 4.99 Å². The van der Waals surface area contributed by atoms with Gasteiger partial charge < -0.3 is 14.2 Å². The lowest BCUT2D eigenvalue weighted by atomic mass is 10.1. The van der Waals surface area contributed by atoms with Crippen molar-refractivity contribution in [1.82, 2.24) is 0 Å². The van der Waals surface area contributed by atoms with Gasteiger partial charge >= 0.3 is 0 Å². The second-order valence-corrected chi connectivity index (χ2v) is 5.41. The summed E-state index contributed by atoms with van der Waals surface area (Å²) in [6.45, 7) is 1.61. The first kappa shape index (κ1) is 16.8. The van der Waals surface area contributed by atoms with Gasteiger partial charge in [0.25, 0.3) is 0 Å². The number of aliphatic imine (C=N–C) groups is 1. The van der Waals surface area contributed by atoms with Gasteiger partial charge in [-0.3, -0.25) is 4.79 Å². The molecule has 5 heteroatoms. The molecular formula is C20H19NO4. The van der Waals surface area contributed by atoms with Crippen molar-refractivity contribution < 1.29 is 19.0 Å². The molecule has 1 aliphatic rings. The van der Waals surface area contributed by atoms with E-state index in [2.05, 4.69) is 4.99 Å². The fraction of sp³-hybridized carbons (Fsp3) is 0.200. The Hall–Kier alpha value is -3.08. The van der Waals surface area contributed by atoms with E-state index >= 15 is 0 Å². The molecule has 0 aromatic heterocycles. The third-order valence-electron chi connectivity index (χ3n) is 3.67. The monoisotopic (exact) mass is 337 g/mol. The standard InChI is InChI=1S/C20H19NO4/c1-23-18-4-2-3-15(13-18)5-10-19(22)16-6-8-17(9-7-16)25-14-20-21-11-12-24-20/h2-10,13H,11-12,14H2,1H3/b10-5+. The Balaban J connectivity index is 1.59. The van der Waals surface area contributed by atoms with Crippen molar-refractivity contribution in [1.29, 1.82) is 0 Å². The zero-order chi connectivity index (χ0) is 17.5. The molecule has 0 saturated heterocycles. The Morgan fingerprint density at radius 2 is 2.04 bits per heavy atom. The van der Waals surface area contributed by atoms with Crippen LogP contribution in [0.3, 0.4) is 0 Å². The minimum Gasteiger partial charge on any atom is -0.497 e. The van der Waals surface area contributed by atoms with Crippen molar-refractivity contribution in [3.63, 3.8) is 0 Å². The molecule has 0 spiro atoms. The lowest BCUT2D eigenvalue weighted by Gasteiger charge is -2.06. The second kappa shape index (κ2) is 8.15. The Labute approximate surface area is 146 Å². The van der Waals surface area contributed by atoms with Crippen LogP contribution in [0.2, 0.25) is 0 Å². The normalized spacial score (nSPS) is 13.4. The maximum atomic E-state index is 12.3. The highest BCUT2D eigenvalue weighted by molar-refractivity contribution is 6.06. The van der Waals surface area contributed by atoms with Crippen LogP contribution in [-0.4, -0.2) is 38.5 Å². The molecule has 0 fully saturated rings. The lowest BCUT2D eigenvalue weighted by Crippen LogP contribution is -2.11. The van der Waals surface area contributed by atoms with E-state index in [1.165, 1.54) is 0 Å². The smallest absolute Gasteiger partial charge is 0.222 e. The largest absolute Gasteiger partial charge is 0.497 e. The van der Waals surface area contributed by atoms with Crippen molar-refractivity contribution in [3.8, 4) is 11.5 Å². The number of hydrogen-bond donors (Lipinski definition) is 0. The van der Waals surface area contributed by atoms with Crippen LogP contribution in [0.4, 0.5) is 0 Å². The van der Waals surface area contributed by atoms with Crippen LogP contribution in [-0.2, 0) is 4.74 Å². The molecule has 0 bridgehead atoms. The number of methoxy groups -OCH3 is 1. The highest BCUT2D eigenvalue weighted by atomic mass is 16.5. The first-order valence-corrected chi connectivity index (χ1v) is 8.00. The Kier molecular flexibility index (Phi) is 5.46. The van der Waals surface area contributed by atoms with Gasteiger partial charge in [0.05, 0.1) is 13.7 Å². The molecule has 0 radical (unpaired) electrons. The maximum Gasteiger partial charge on any atom is 0.222 e. The average Bonchev–Trinajstić information content (AvgIpc) is 3.18. The molecule has 0 aliphatic carbocycles. The fourth-order valence-electron chi connectivity index (χ4n) is 2.34. The number of carbonyl (C=O) groups excluding carboxylic acids is 1. The number of hydrogen-bond acceptors (Lipinski definition) is 5. The SMILES string of the molecule is COc1cccc(/C=C/C(=O)c2ccc(OCC3=NCCO3)cc2)c1. The van der Waals surface area contributed by atoms with Gasteiger partial charge in [-0.2, -0.15) is 0 Å². The van der Waals surface area contributed by atoms with Crippen LogP contribution in [0, 0.1) is 0 Å². The van der Waals surface area contributed by atoms with Gasteiger partial charge in [-0.05, 0) is 48.0 Å². The molecule has 128 valence electrons. The molecule has 0 amide bonds. The molecule has 0 atom stereocenters. The molecule has 2 aromatic carbocycles. The molecule has 3 rings (SSSR count). The zero-order valence-corrected chi connectivity index (χ0v) is 14.0. The molecule has 0 saturated carbocycles. The Morgan fingerprint density at radius 3 is 2.76 bits per heavy atom. The number of carbonyl (C=O) groups is 1. The summed E-state index contributed by atoms with van der Waals surface area (Å²) in [6, 6.07) is 14.5. The highest BCUT2D eigenvalue weighted by Crippen LogP contribution is 2.16. The summed E-state index contributed by atoms with van der Waals surface area (Å²) in [5.41, 5.74) is 1.51. The van der Waals surface area contributed by atoms with Crippen LogP contribution in [0.1, 0.15) is 15.9 Å². The van der Waals surface area contributed by atoms with E-state index in [0.717, 1.165) is 11.3 Å². The van der Waals surface area contributed by atoms with Crippen molar-refractivity contribution in [2.75, 3.05) is 26.9 Å². The minimum absolute atomic E-state index is 0.0714. The molecule has 1 aliphatic heterocycles. The Morgan fingerprint density at radius 1 is 1.20 bits per heavy atom. The van der Waals surface area contributed by atoms with E-state index in [1.807, 2.05) is 24.3 Å².